The van der Waals surface area contributed by atoms with Gasteiger partial charge in [-0.25, -0.2) is 0 Å². The number of carbonyl (C=O) groups is 1. The Labute approximate surface area is 112 Å². The molecule has 0 amide bonds. The Hall–Kier alpha value is -2.23. The summed E-state index contributed by atoms with van der Waals surface area (Å²) in [6, 6.07) is 8.05. The zero-order valence-corrected chi connectivity index (χ0v) is 10.8. The average Bonchev–Trinajstić information content (AvgIpc) is 2.40. The lowest BCUT2D eigenvalue weighted by Gasteiger charge is -2.06. The molecule has 0 saturated carbocycles. The van der Waals surface area contributed by atoms with Crippen molar-refractivity contribution in [2.24, 2.45) is 0 Å². The summed E-state index contributed by atoms with van der Waals surface area (Å²) in [5.41, 5.74) is 3.32. The molecule has 2 aromatic rings. The molecule has 0 fully saturated rings. The Kier molecular flexibility index (Phi) is 4.23. The Morgan fingerprint density at radius 2 is 1.84 bits per heavy atom. The van der Waals surface area contributed by atoms with E-state index in [2.05, 4.69) is 29.0 Å². The maximum absolute atomic E-state index is 10.8. The third kappa shape index (κ3) is 3.37. The van der Waals surface area contributed by atoms with Gasteiger partial charge in [0.15, 0.2) is 0 Å². The summed E-state index contributed by atoms with van der Waals surface area (Å²) in [4.78, 5) is 19.2. The highest BCUT2D eigenvalue weighted by Gasteiger charge is 2.11. The first-order chi connectivity index (χ1) is 9.20. The van der Waals surface area contributed by atoms with Crippen LogP contribution in [0.2, 0.25) is 0 Å². The first kappa shape index (κ1) is 13.2. The zero-order chi connectivity index (χ0) is 13.7. The molecule has 0 atom stereocenters. The number of hydrogen-bond acceptors (Lipinski definition) is 3. The van der Waals surface area contributed by atoms with E-state index in [0.717, 1.165) is 18.4 Å². The monoisotopic (exact) mass is 256 g/mol. The van der Waals surface area contributed by atoms with Gasteiger partial charge in [-0.15, -0.1) is 0 Å². The quantitative estimate of drug-likeness (QED) is 0.893. The lowest BCUT2D eigenvalue weighted by molar-refractivity contribution is -0.136. The molecule has 4 heteroatoms. The van der Waals surface area contributed by atoms with Crippen molar-refractivity contribution in [3.63, 3.8) is 0 Å². The highest BCUT2D eigenvalue weighted by atomic mass is 16.4. The van der Waals surface area contributed by atoms with Crippen LogP contribution in [0.25, 0.3) is 11.3 Å². The SMILES string of the molecule is CCCc1ccc(-c2nccnc2CC(=O)O)cc1. The molecule has 1 aromatic heterocycles. The summed E-state index contributed by atoms with van der Waals surface area (Å²) >= 11 is 0. The molecule has 1 N–H and O–H groups in total. The van der Waals surface area contributed by atoms with E-state index in [1.807, 2.05) is 12.1 Å². The Balaban J connectivity index is 2.32. The van der Waals surface area contributed by atoms with Crippen molar-refractivity contribution in [2.75, 3.05) is 0 Å². The summed E-state index contributed by atoms with van der Waals surface area (Å²) in [7, 11) is 0. The number of aromatic nitrogens is 2. The second-order valence-corrected chi connectivity index (χ2v) is 4.37. The van der Waals surface area contributed by atoms with Crippen LogP contribution in [0, 0.1) is 0 Å². The largest absolute Gasteiger partial charge is 0.481 e. The van der Waals surface area contributed by atoms with E-state index in [9.17, 15) is 4.79 Å². The molecule has 0 aliphatic heterocycles. The van der Waals surface area contributed by atoms with Crippen LogP contribution in [-0.4, -0.2) is 21.0 Å². The van der Waals surface area contributed by atoms with Gasteiger partial charge in [0.1, 0.15) is 0 Å². The maximum Gasteiger partial charge on any atom is 0.309 e. The van der Waals surface area contributed by atoms with Crippen LogP contribution in [-0.2, 0) is 17.6 Å². The van der Waals surface area contributed by atoms with Crippen molar-refractivity contribution in [1.82, 2.24) is 9.97 Å². The molecule has 2 rings (SSSR count). The fourth-order valence-electron chi connectivity index (χ4n) is 2.00. The van der Waals surface area contributed by atoms with E-state index in [1.165, 1.54) is 11.8 Å². The molecule has 98 valence electrons. The maximum atomic E-state index is 10.8. The lowest BCUT2D eigenvalue weighted by Crippen LogP contribution is -2.05. The highest BCUT2D eigenvalue weighted by Crippen LogP contribution is 2.21. The van der Waals surface area contributed by atoms with Crippen LogP contribution in [0.1, 0.15) is 24.6 Å². The minimum absolute atomic E-state index is 0.111. The van der Waals surface area contributed by atoms with E-state index < -0.39 is 5.97 Å². The average molecular weight is 256 g/mol. The van der Waals surface area contributed by atoms with Crippen molar-refractivity contribution in [1.29, 1.82) is 0 Å². The summed E-state index contributed by atoms with van der Waals surface area (Å²) in [5.74, 6) is -0.899. The molecule has 0 spiro atoms. The number of carboxylic acid groups (broad SMARTS) is 1. The van der Waals surface area contributed by atoms with E-state index in [-0.39, 0.29) is 6.42 Å². The molecule has 1 aromatic carbocycles. The van der Waals surface area contributed by atoms with Crippen LogP contribution in [0.3, 0.4) is 0 Å². The molecule has 0 bridgehead atoms. The first-order valence-electron chi connectivity index (χ1n) is 6.31. The second-order valence-electron chi connectivity index (χ2n) is 4.37. The molecular formula is C15H16N2O2. The van der Waals surface area contributed by atoms with Gasteiger partial charge >= 0.3 is 5.97 Å². The molecule has 0 aliphatic carbocycles. The van der Waals surface area contributed by atoms with Crippen LogP contribution in [0.5, 0.6) is 0 Å². The van der Waals surface area contributed by atoms with Crippen LogP contribution in [0.15, 0.2) is 36.7 Å². The smallest absolute Gasteiger partial charge is 0.309 e. The number of aryl methyl sites for hydroxylation is 1. The minimum atomic E-state index is -0.899. The van der Waals surface area contributed by atoms with Gasteiger partial charge in [-0.1, -0.05) is 37.6 Å². The number of aliphatic carboxylic acids is 1. The number of carboxylic acids is 1. The summed E-state index contributed by atoms with van der Waals surface area (Å²) in [6.45, 7) is 2.14. The summed E-state index contributed by atoms with van der Waals surface area (Å²) in [6.07, 6.45) is 5.14. The summed E-state index contributed by atoms with van der Waals surface area (Å²) < 4.78 is 0. The van der Waals surface area contributed by atoms with E-state index in [4.69, 9.17) is 5.11 Å². The van der Waals surface area contributed by atoms with Gasteiger partial charge in [-0.2, -0.15) is 0 Å². The van der Waals surface area contributed by atoms with Gasteiger partial charge in [0, 0.05) is 18.0 Å². The van der Waals surface area contributed by atoms with Gasteiger partial charge in [0.2, 0.25) is 0 Å². The topological polar surface area (TPSA) is 63.1 Å². The normalized spacial score (nSPS) is 10.4. The number of hydrogen-bond donors (Lipinski definition) is 1. The van der Waals surface area contributed by atoms with Gasteiger partial charge in [0.25, 0.3) is 0 Å². The molecular weight excluding hydrogens is 240 g/mol. The Morgan fingerprint density at radius 3 is 2.47 bits per heavy atom. The highest BCUT2D eigenvalue weighted by molar-refractivity contribution is 5.73. The standard InChI is InChI=1S/C15H16N2O2/c1-2-3-11-4-6-12(7-5-11)15-13(10-14(18)19)16-8-9-17-15/h4-9H,2-3,10H2,1H3,(H,18,19). The first-order valence-corrected chi connectivity index (χ1v) is 6.31. The van der Waals surface area contributed by atoms with Gasteiger partial charge in [-0.05, 0) is 12.0 Å². The van der Waals surface area contributed by atoms with Gasteiger partial charge in [-0.3, -0.25) is 14.8 Å². The van der Waals surface area contributed by atoms with Crippen LogP contribution < -0.4 is 0 Å². The van der Waals surface area contributed by atoms with Crippen molar-refractivity contribution in [2.45, 2.75) is 26.2 Å². The minimum Gasteiger partial charge on any atom is -0.481 e. The van der Waals surface area contributed by atoms with Crippen molar-refractivity contribution in [3.8, 4) is 11.3 Å². The predicted molar refractivity (Wildman–Crippen MR) is 72.8 cm³/mol. The number of benzene rings is 1. The molecule has 1 heterocycles. The van der Waals surface area contributed by atoms with Crippen molar-refractivity contribution >= 4 is 5.97 Å². The molecule has 19 heavy (non-hydrogen) atoms. The van der Waals surface area contributed by atoms with Crippen molar-refractivity contribution < 1.29 is 9.90 Å². The van der Waals surface area contributed by atoms with Crippen LogP contribution in [0.4, 0.5) is 0 Å². The Morgan fingerprint density at radius 1 is 1.16 bits per heavy atom. The lowest BCUT2D eigenvalue weighted by atomic mass is 10.0. The second kappa shape index (κ2) is 6.09. The number of rotatable bonds is 5. The Bertz CT molecular complexity index is 565. The number of nitrogens with zero attached hydrogens (tertiary/aromatic N) is 2. The fraction of sp³-hybridized carbons (Fsp3) is 0.267. The van der Waals surface area contributed by atoms with Gasteiger partial charge < -0.3 is 5.11 Å². The molecule has 0 saturated heterocycles. The van der Waals surface area contributed by atoms with E-state index in [0.29, 0.717) is 11.4 Å². The third-order valence-corrected chi connectivity index (χ3v) is 2.86. The molecule has 4 nitrogen and oxygen atoms in total. The molecule has 0 radical (unpaired) electrons. The molecule has 0 unspecified atom stereocenters. The zero-order valence-electron chi connectivity index (χ0n) is 10.8. The fourth-order valence-corrected chi connectivity index (χ4v) is 2.00. The van der Waals surface area contributed by atoms with E-state index >= 15 is 0 Å². The predicted octanol–water partition coefficient (Wildman–Crippen LogP) is 2.72. The van der Waals surface area contributed by atoms with E-state index in [1.54, 1.807) is 6.20 Å². The van der Waals surface area contributed by atoms with Crippen LogP contribution >= 0.6 is 0 Å². The molecule has 0 aliphatic rings. The third-order valence-electron chi connectivity index (χ3n) is 2.86. The van der Waals surface area contributed by atoms with Crippen molar-refractivity contribution in [3.05, 3.63) is 47.9 Å². The summed E-state index contributed by atoms with van der Waals surface area (Å²) in [5, 5.41) is 8.88. The van der Waals surface area contributed by atoms with Gasteiger partial charge in [0.05, 0.1) is 17.8 Å².